The molecular formula is C34H34Cl2Hf. The topological polar surface area (TPSA) is 0 Å². The summed E-state index contributed by atoms with van der Waals surface area (Å²) in [7, 11) is 0. The molecule has 2 aliphatic rings. The molecule has 0 aromatic heterocycles. The van der Waals surface area contributed by atoms with E-state index in [1.54, 1.807) is 22.3 Å². The van der Waals surface area contributed by atoms with Crippen LogP contribution in [0.1, 0.15) is 74.6 Å². The van der Waals surface area contributed by atoms with Crippen LogP contribution in [0.2, 0.25) is 0 Å². The molecule has 0 fully saturated rings. The predicted molar refractivity (Wildman–Crippen MR) is 144 cm³/mol. The summed E-state index contributed by atoms with van der Waals surface area (Å²) in [6.45, 7) is 4.72. The van der Waals surface area contributed by atoms with E-state index in [1.165, 1.54) is 60.8 Å². The zero-order valence-corrected chi connectivity index (χ0v) is 26.8. The number of hydrogen-bond donors (Lipinski definition) is 0. The van der Waals surface area contributed by atoms with Crippen LogP contribution in [0.15, 0.2) is 97.1 Å². The minimum Gasteiger partial charge on any atom is -1.00 e. The van der Waals surface area contributed by atoms with E-state index in [2.05, 4.69) is 111 Å². The monoisotopic (exact) mass is 692 g/mol. The van der Waals surface area contributed by atoms with E-state index in [1.807, 2.05) is 0 Å². The molecule has 0 atom stereocenters. The molecule has 2 aliphatic carbocycles. The Balaban J connectivity index is 0.00000160. The van der Waals surface area contributed by atoms with Crippen molar-refractivity contribution in [3.8, 4) is 22.3 Å². The first-order chi connectivity index (χ1) is 17.2. The van der Waals surface area contributed by atoms with Crippen molar-refractivity contribution in [1.29, 1.82) is 0 Å². The standard InChI is InChI=1S/2C17H17.2ClH.Hf/c2*1-2-3-8-13-14-9-4-6-11-16(14)17-12-7-5-10-15(13)17;;;/h2*4-7,9-12H,2-3,8H2,1H3;2*1H;/q;;;;+2/p-2. The number of fused-ring (bicyclic) bond motifs is 6. The van der Waals surface area contributed by atoms with Crippen LogP contribution in [0.3, 0.4) is 0 Å². The van der Waals surface area contributed by atoms with E-state index >= 15 is 0 Å². The number of halogens is 2. The fourth-order valence-corrected chi connectivity index (χ4v) is 16.7. The molecule has 37 heavy (non-hydrogen) atoms. The summed E-state index contributed by atoms with van der Waals surface area (Å²) in [4.78, 5) is 0. The molecule has 0 aliphatic heterocycles. The van der Waals surface area contributed by atoms with Gasteiger partial charge in [-0.2, -0.15) is 0 Å². The minimum absolute atomic E-state index is 0. The van der Waals surface area contributed by atoms with Crippen LogP contribution in [-0.4, -0.2) is 0 Å². The quantitative estimate of drug-likeness (QED) is 0.249. The van der Waals surface area contributed by atoms with Crippen molar-refractivity contribution in [2.24, 2.45) is 0 Å². The second-order valence-electron chi connectivity index (χ2n) is 10.3. The Morgan fingerprint density at radius 2 is 0.730 bits per heavy atom. The van der Waals surface area contributed by atoms with Gasteiger partial charge in [-0.25, -0.2) is 0 Å². The van der Waals surface area contributed by atoms with Gasteiger partial charge in [-0.15, -0.1) is 0 Å². The van der Waals surface area contributed by atoms with Gasteiger partial charge in [0.1, 0.15) is 0 Å². The van der Waals surface area contributed by atoms with Gasteiger partial charge in [-0.05, 0) is 0 Å². The summed E-state index contributed by atoms with van der Waals surface area (Å²) < 4.78 is 0.447. The molecule has 0 heterocycles. The van der Waals surface area contributed by atoms with E-state index in [0.717, 1.165) is 0 Å². The van der Waals surface area contributed by atoms with E-state index in [9.17, 15) is 0 Å². The maximum Gasteiger partial charge on any atom is -1.00 e. The van der Waals surface area contributed by atoms with Gasteiger partial charge in [0, 0.05) is 0 Å². The molecule has 0 unspecified atom stereocenters. The Morgan fingerprint density at radius 3 is 1.00 bits per heavy atom. The summed E-state index contributed by atoms with van der Waals surface area (Å²) >= 11 is -1.47. The first kappa shape index (κ1) is 28.3. The Kier molecular flexibility index (Phi) is 8.89. The smallest absolute Gasteiger partial charge is 1.00 e. The third kappa shape index (κ3) is 4.40. The van der Waals surface area contributed by atoms with Crippen LogP contribution in [0.4, 0.5) is 0 Å². The van der Waals surface area contributed by atoms with E-state index < -0.39 is 22.9 Å². The first-order valence-electron chi connectivity index (χ1n) is 13.4. The molecule has 188 valence electrons. The molecule has 0 spiro atoms. The van der Waals surface area contributed by atoms with E-state index in [0.29, 0.717) is 0 Å². The molecule has 0 amide bonds. The van der Waals surface area contributed by atoms with Gasteiger partial charge in [0.15, 0.2) is 0 Å². The molecule has 0 saturated carbocycles. The summed E-state index contributed by atoms with van der Waals surface area (Å²) in [5.41, 5.74) is 12.5. The van der Waals surface area contributed by atoms with Crippen LogP contribution in [0.5, 0.6) is 0 Å². The molecular weight excluding hydrogens is 658 g/mol. The largest absolute Gasteiger partial charge is 1.00 e. The van der Waals surface area contributed by atoms with Crippen molar-refractivity contribution in [2.45, 2.75) is 58.7 Å². The van der Waals surface area contributed by atoms with Crippen molar-refractivity contribution in [3.05, 3.63) is 119 Å². The van der Waals surface area contributed by atoms with Crippen LogP contribution in [0.25, 0.3) is 22.3 Å². The summed E-state index contributed by atoms with van der Waals surface area (Å²) in [6, 6.07) is 37.6. The van der Waals surface area contributed by atoms with Crippen LogP contribution < -0.4 is 24.8 Å². The van der Waals surface area contributed by atoms with Gasteiger partial charge < -0.3 is 24.8 Å². The van der Waals surface area contributed by atoms with Crippen molar-refractivity contribution in [2.75, 3.05) is 0 Å². The second kappa shape index (κ2) is 11.6. The number of benzene rings is 4. The molecule has 4 aromatic rings. The maximum atomic E-state index is 2.48. The van der Waals surface area contributed by atoms with E-state index in [-0.39, 0.29) is 31.2 Å². The Morgan fingerprint density at radius 1 is 0.459 bits per heavy atom. The zero-order chi connectivity index (χ0) is 23.9. The number of unbranched alkanes of at least 4 members (excludes halogenated alkanes) is 2. The Bertz CT molecular complexity index is 1180. The molecule has 6 rings (SSSR count). The number of rotatable bonds is 8. The molecule has 0 bridgehead atoms. The van der Waals surface area contributed by atoms with Crippen molar-refractivity contribution >= 4 is 0 Å². The molecule has 0 radical (unpaired) electrons. The number of hydrogen-bond acceptors (Lipinski definition) is 0. The fraction of sp³-hybridized carbons (Fsp3) is 0.294. The Labute approximate surface area is 246 Å². The molecule has 0 saturated heterocycles. The summed E-state index contributed by atoms with van der Waals surface area (Å²) in [5, 5.41) is 0. The third-order valence-corrected chi connectivity index (χ3v) is 17.1. The van der Waals surface area contributed by atoms with Crippen LogP contribution in [-0.2, 0) is 29.2 Å². The van der Waals surface area contributed by atoms with Gasteiger partial charge in [-0.1, -0.05) is 0 Å². The Hall–Kier alpha value is -1.67. The summed E-state index contributed by atoms with van der Waals surface area (Å²) in [6.07, 6.45) is 7.68. The van der Waals surface area contributed by atoms with Crippen molar-refractivity contribution < 1.29 is 47.7 Å². The minimum atomic E-state index is -1.47. The molecule has 0 nitrogen and oxygen atoms in total. The second-order valence-corrected chi connectivity index (χ2v) is 17.4. The van der Waals surface area contributed by atoms with Gasteiger partial charge in [-0.3, -0.25) is 0 Å². The molecule has 0 N–H and O–H groups in total. The van der Waals surface area contributed by atoms with Gasteiger partial charge >= 0.3 is 223 Å². The van der Waals surface area contributed by atoms with Crippen LogP contribution >= 0.6 is 0 Å². The molecule has 4 aromatic carbocycles. The van der Waals surface area contributed by atoms with Gasteiger partial charge in [0.05, 0.1) is 0 Å². The van der Waals surface area contributed by atoms with E-state index in [4.69, 9.17) is 0 Å². The maximum absolute atomic E-state index is 2.48. The van der Waals surface area contributed by atoms with Gasteiger partial charge in [0.25, 0.3) is 0 Å². The predicted octanol–water partition coefficient (Wildman–Crippen LogP) is 3.31. The first-order valence-corrected chi connectivity index (χ1v) is 17.0. The third-order valence-electron chi connectivity index (χ3n) is 8.37. The average Bonchev–Trinajstić information content (AvgIpc) is 3.35. The normalized spacial score (nSPS) is 14.8. The fourth-order valence-electron chi connectivity index (χ4n) is 6.83. The van der Waals surface area contributed by atoms with Crippen LogP contribution in [0, 0.1) is 0 Å². The van der Waals surface area contributed by atoms with Crippen molar-refractivity contribution in [3.63, 3.8) is 0 Å². The zero-order valence-electron chi connectivity index (χ0n) is 21.7. The van der Waals surface area contributed by atoms with Crippen molar-refractivity contribution in [1.82, 2.24) is 0 Å². The molecule has 3 heteroatoms. The SMILES string of the molecule is CCCC[C]1([Hf+2][C]2(CCCC)c3ccccc3-c3ccccc32)c2ccccc2-c2ccccc21.[Cl-].[Cl-]. The van der Waals surface area contributed by atoms with Gasteiger partial charge in [0.2, 0.25) is 0 Å². The summed E-state index contributed by atoms with van der Waals surface area (Å²) in [5.74, 6) is 0. The average molecular weight is 692 g/mol.